The second kappa shape index (κ2) is 6.25. The van der Waals surface area contributed by atoms with Crippen LogP contribution in [0.3, 0.4) is 0 Å². The number of carbonyl (C=O) groups excluding carboxylic acids is 2. The molecule has 0 fully saturated rings. The monoisotopic (exact) mass is 353 g/mol. The van der Waals surface area contributed by atoms with Gasteiger partial charge in [0.05, 0.1) is 34.6 Å². The molecule has 7 heteroatoms. The van der Waals surface area contributed by atoms with E-state index in [1.54, 1.807) is 24.3 Å². The van der Waals surface area contributed by atoms with E-state index in [0.29, 0.717) is 22.9 Å². The minimum Gasteiger partial charge on any atom is -0.494 e. The molecule has 1 N–H and O–H groups in total. The molecule has 2 aromatic carbocycles. The maximum absolute atomic E-state index is 12.4. The molecule has 1 aliphatic heterocycles. The van der Waals surface area contributed by atoms with Gasteiger partial charge in [-0.05, 0) is 31.2 Å². The van der Waals surface area contributed by atoms with Crippen molar-refractivity contribution in [3.05, 3.63) is 53.6 Å². The highest BCUT2D eigenvalue weighted by Gasteiger charge is 2.35. The summed E-state index contributed by atoms with van der Waals surface area (Å²) < 4.78 is 5.48. The van der Waals surface area contributed by atoms with Gasteiger partial charge in [-0.3, -0.25) is 14.5 Å². The van der Waals surface area contributed by atoms with E-state index in [0.717, 1.165) is 16.8 Å². The van der Waals surface area contributed by atoms with Crippen LogP contribution in [0.25, 0.3) is 11.0 Å². The predicted octanol–water partition coefficient (Wildman–Crippen LogP) is 3.31. The lowest BCUT2D eigenvalue weighted by molar-refractivity contribution is 0.0684. The number of ether oxygens (including phenoxy) is 1. The lowest BCUT2D eigenvalue weighted by Crippen LogP contribution is -2.29. The largest absolute Gasteiger partial charge is 0.494 e. The minimum atomic E-state index is -0.261. The van der Waals surface area contributed by atoms with E-state index in [4.69, 9.17) is 4.74 Å². The molecular formula is C18H15N3O3S. The molecule has 6 nitrogen and oxygen atoms in total. The van der Waals surface area contributed by atoms with Crippen LogP contribution >= 0.6 is 11.8 Å². The molecule has 0 bridgehead atoms. The molecule has 126 valence electrons. The van der Waals surface area contributed by atoms with Crippen LogP contribution in [-0.2, 0) is 0 Å². The van der Waals surface area contributed by atoms with Crippen LogP contribution < -0.4 is 4.74 Å². The van der Waals surface area contributed by atoms with E-state index in [-0.39, 0.29) is 17.7 Å². The first-order chi connectivity index (χ1) is 12.2. The molecule has 4 rings (SSSR count). The molecule has 0 saturated heterocycles. The number of aromatic amines is 1. The highest BCUT2D eigenvalue weighted by Crippen LogP contribution is 2.28. The van der Waals surface area contributed by atoms with E-state index < -0.39 is 0 Å². The van der Waals surface area contributed by atoms with Crippen LogP contribution in [0, 0.1) is 0 Å². The highest BCUT2D eigenvalue weighted by atomic mass is 32.2. The van der Waals surface area contributed by atoms with Gasteiger partial charge < -0.3 is 9.72 Å². The van der Waals surface area contributed by atoms with Gasteiger partial charge in [0.15, 0.2) is 5.16 Å². The molecule has 0 spiro atoms. The molecule has 0 aliphatic carbocycles. The van der Waals surface area contributed by atoms with Crippen molar-refractivity contribution in [2.75, 3.05) is 12.5 Å². The Labute approximate surface area is 148 Å². The summed E-state index contributed by atoms with van der Waals surface area (Å²) in [6, 6.07) is 12.5. The van der Waals surface area contributed by atoms with E-state index in [9.17, 15) is 9.59 Å². The Kier molecular flexibility index (Phi) is 3.93. The van der Waals surface area contributed by atoms with Crippen molar-refractivity contribution < 1.29 is 14.3 Å². The van der Waals surface area contributed by atoms with Crippen LogP contribution in [0.1, 0.15) is 27.6 Å². The van der Waals surface area contributed by atoms with Gasteiger partial charge in [0.2, 0.25) is 0 Å². The molecule has 1 aliphatic rings. The summed E-state index contributed by atoms with van der Waals surface area (Å²) in [5, 5.41) is 0.653. The number of amides is 2. The number of benzene rings is 2. The molecule has 1 aromatic heterocycles. The predicted molar refractivity (Wildman–Crippen MR) is 94.9 cm³/mol. The van der Waals surface area contributed by atoms with Gasteiger partial charge in [0, 0.05) is 6.07 Å². The van der Waals surface area contributed by atoms with Gasteiger partial charge in [-0.15, -0.1) is 0 Å². The molecule has 0 atom stereocenters. The molecule has 2 heterocycles. The molecule has 2 amide bonds. The first-order valence-electron chi connectivity index (χ1n) is 7.88. The molecule has 3 aromatic rings. The first kappa shape index (κ1) is 15.7. The van der Waals surface area contributed by atoms with E-state index in [1.807, 2.05) is 25.1 Å². The van der Waals surface area contributed by atoms with Crippen LogP contribution in [-0.4, -0.2) is 39.2 Å². The summed E-state index contributed by atoms with van der Waals surface area (Å²) >= 11 is 1.32. The van der Waals surface area contributed by atoms with Crippen molar-refractivity contribution in [2.45, 2.75) is 12.1 Å². The fourth-order valence-electron chi connectivity index (χ4n) is 2.77. The fraction of sp³-hybridized carbons (Fsp3) is 0.167. The van der Waals surface area contributed by atoms with E-state index >= 15 is 0 Å². The van der Waals surface area contributed by atoms with Crippen molar-refractivity contribution in [1.29, 1.82) is 0 Å². The van der Waals surface area contributed by atoms with Gasteiger partial charge in [-0.2, -0.15) is 0 Å². The zero-order valence-electron chi connectivity index (χ0n) is 13.5. The lowest BCUT2D eigenvalue weighted by Gasteiger charge is -2.11. The van der Waals surface area contributed by atoms with Crippen LogP contribution in [0.15, 0.2) is 47.6 Å². The van der Waals surface area contributed by atoms with Crippen molar-refractivity contribution in [3.63, 3.8) is 0 Å². The number of nitrogens with zero attached hydrogens (tertiary/aromatic N) is 2. The standard InChI is InChI=1S/C18H15N3O3S/c1-2-24-11-7-8-14-15(9-11)20-18(19-14)25-10-21-16(22)12-5-3-4-6-13(12)17(21)23/h3-9H,2,10H2,1H3,(H,19,20). The number of H-pyrrole nitrogens is 1. The number of imidazole rings is 1. The number of nitrogens with one attached hydrogen (secondary N) is 1. The molecule has 0 saturated carbocycles. The second-order valence-electron chi connectivity index (χ2n) is 5.51. The maximum atomic E-state index is 12.4. The summed E-state index contributed by atoms with van der Waals surface area (Å²) in [6.45, 7) is 2.53. The maximum Gasteiger partial charge on any atom is 0.262 e. The van der Waals surface area contributed by atoms with Gasteiger partial charge in [0.25, 0.3) is 11.8 Å². The van der Waals surface area contributed by atoms with Crippen molar-refractivity contribution in [2.24, 2.45) is 0 Å². The number of aromatic nitrogens is 2. The third kappa shape index (κ3) is 2.76. The van der Waals surface area contributed by atoms with Gasteiger partial charge in [-0.25, -0.2) is 4.98 Å². The Balaban J connectivity index is 1.51. The van der Waals surface area contributed by atoms with Crippen LogP contribution in [0.5, 0.6) is 5.75 Å². The van der Waals surface area contributed by atoms with Crippen molar-refractivity contribution in [3.8, 4) is 5.75 Å². The Bertz CT molecular complexity index is 948. The third-order valence-corrected chi connectivity index (χ3v) is 4.81. The number of hydrogen-bond donors (Lipinski definition) is 1. The number of carbonyl (C=O) groups is 2. The third-order valence-electron chi connectivity index (χ3n) is 3.95. The average Bonchev–Trinajstić information content (AvgIpc) is 3.13. The van der Waals surface area contributed by atoms with Gasteiger partial charge in [0.1, 0.15) is 5.75 Å². The molecular weight excluding hydrogens is 338 g/mol. The van der Waals surface area contributed by atoms with Gasteiger partial charge >= 0.3 is 0 Å². The number of fused-ring (bicyclic) bond motifs is 2. The molecule has 25 heavy (non-hydrogen) atoms. The summed E-state index contributed by atoms with van der Waals surface area (Å²) in [5.74, 6) is 0.464. The number of hydrogen-bond acceptors (Lipinski definition) is 5. The quantitative estimate of drug-likeness (QED) is 0.563. The van der Waals surface area contributed by atoms with E-state index in [1.165, 1.54) is 16.7 Å². The summed E-state index contributed by atoms with van der Waals surface area (Å²) in [7, 11) is 0. The first-order valence-corrected chi connectivity index (χ1v) is 8.86. The van der Waals surface area contributed by atoms with Crippen molar-refractivity contribution >= 4 is 34.6 Å². The summed E-state index contributed by atoms with van der Waals surface area (Å²) in [6.07, 6.45) is 0. The topological polar surface area (TPSA) is 75.3 Å². The Morgan fingerprint density at radius 1 is 1.12 bits per heavy atom. The Morgan fingerprint density at radius 2 is 1.84 bits per heavy atom. The zero-order valence-corrected chi connectivity index (χ0v) is 14.3. The number of imide groups is 1. The fourth-order valence-corrected chi connectivity index (χ4v) is 3.60. The minimum absolute atomic E-state index is 0.213. The molecule has 0 radical (unpaired) electrons. The highest BCUT2D eigenvalue weighted by molar-refractivity contribution is 7.99. The SMILES string of the molecule is CCOc1ccc2nc(SCN3C(=O)c4ccccc4C3=O)[nH]c2c1. The smallest absolute Gasteiger partial charge is 0.262 e. The second-order valence-corrected chi connectivity index (χ2v) is 6.44. The van der Waals surface area contributed by atoms with Gasteiger partial charge in [-0.1, -0.05) is 23.9 Å². The molecule has 0 unspecified atom stereocenters. The average molecular weight is 353 g/mol. The van der Waals surface area contributed by atoms with Crippen LogP contribution in [0.2, 0.25) is 0 Å². The van der Waals surface area contributed by atoms with Crippen molar-refractivity contribution in [1.82, 2.24) is 14.9 Å². The normalized spacial score (nSPS) is 13.6. The zero-order chi connectivity index (χ0) is 17.4. The summed E-state index contributed by atoms with van der Waals surface area (Å²) in [4.78, 5) is 33.6. The van der Waals surface area contributed by atoms with Crippen LogP contribution in [0.4, 0.5) is 0 Å². The summed E-state index contributed by atoms with van der Waals surface area (Å²) in [5.41, 5.74) is 2.59. The van der Waals surface area contributed by atoms with E-state index in [2.05, 4.69) is 9.97 Å². The number of rotatable bonds is 5. The Hall–Kier alpha value is -2.80. The lowest BCUT2D eigenvalue weighted by atomic mass is 10.1. The number of thioether (sulfide) groups is 1. The Morgan fingerprint density at radius 3 is 2.52 bits per heavy atom.